The summed E-state index contributed by atoms with van der Waals surface area (Å²) >= 11 is 0. The number of hydrogen-bond donors (Lipinski definition) is 1. The third-order valence-corrected chi connectivity index (χ3v) is 2.00. The van der Waals surface area contributed by atoms with Crippen LogP contribution in [0.1, 0.15) is 34.8 Å². The van der Waals surface area contributed by atoms with Crippen molar-refractivity contribution in [2.24, 2.45) is 5.73 Å². The Hall–Kier alpha value is -1.16. The molecule has 0 spiro atoms. The molecule has 1 fully saturated rings. The van der Waals surface area contributed by atoms with Crippen LogP contribution in [0.3, 0.4) is 0 Å². The van der Waals surface area contributed by atoms with E-state index < -0.39 is 0 Å². The van der Waals surface area contributed by atoms with Gasteiger partial charge in [-0.05, 0) is 26.2 Å². The summed E-state index contributed by atoms with van der Waals surface area (Å²) in [5.74, 6) is 0. The van der Waals surface area contributed by atoms with Crippen LogP contribution in [0.2, 0.25) is 0 Å². The summed E-state index contributed by atoms with van der Waals surface area (Å²) in [6, 6.07) is 10.0. The van der Waals surface area contributed by atoms with E-state index >= 15 is 0 Å². The second-order valence-electron chi connectivity index (χ2n) is 4.02. The molecule has 0 atom stereocenters. The number of benzene rings is 1. The zero-order valence-corrected chi connectivity index (χ0v) is 11.3. The fraction of sp³-hybridized carbons (Fsp3) is 0.529. The van der Waals surface area contributed by atoms with Gasteiger partial charge in [0.25, 0.3) is 0 Å². The molecule has 0 bridgehead atoms. The first-order chi connectivity index (χ1) is 8.13. The minimum Gasteiger partial charge on any atom is -0.331 e. The average Bonchev–Trinajstić information content (AvgIpc) is 2.31. The topological polar surface area (TPSA) is 32.5 Å². The smallest absolute Gasteiger partial charge is 0.0523 e. The van der Waals surface area contributed by atoms with E-state index in [0.717, 1.165) is 19.9 Å². The third-order valence-electron chi connectivity index (χ3n) is 2.00. The van der Waals surface area contributed by atoms with Crippen LogP contribution in [-0.4, -0.2) is 43.8 Å². The van der Waals surface area contributed by atoms with Gasteiger partial charge in [0.05, 0.1) is 13.3 Å². The van der Waals surface area contributed by atoms with Gasteiger partial charge in [0, 0.05) is 0 Å². The number of nitrogens with zero attached hydrogens (tertiary/aromatic N) is 2. The molecule has 0 saturated carbocycles. The molecule has 1 aliphatic heterocycles. The maximum Gasteiger partial charge on any atom is 0.0523 e. The molecule has 0 aliphatic carbocycles. The molecule has 2 rings (SSSR count). The van der Waals surface area contributed by atoms with Crippen molar-refractivity contribution in [2.75, 3.05) is 34.0 Å². The van der Waals surface area contributed by atoms with E-state index in [-0.39, 0.29) is 22.3 Å². The largest absolute Gasteiger partial charge is 0.331 e. The molecule has 1 heterocycles. The first-order valence-corrected chi connectivity index (χ1v) is 5.88. The van der Waals surface area contributed by atoms with E-state index in [4.69, 9.17) is 5.73 Å². The molecule has 20 heavy (non-hydrogen) atoms. The van der Waals surface area contributed by atoms with Gasteiger partial charge in [0.2, 0.25) is 0 Å². The lowest BCUT2D eigenvalue weighted by molar-refractivity contribution is 0.0149. The van der Waals surface area contributed by atoms with Gasteiger partial charge in [0.15, 0.2) is 0 Å². The molecule has 1 aromatic rings. The highest BCUT2D eigenvalue weighted by molar-refractivity contribution is 5.45. The lowest BCUT2D eigenvalue weighted by Gasteiger charge is -2.36. The molecule has 0 amide bonds. The lowest BCUT2D eigenvalue weighted by atomic mass is 10.2. The molecule has 0 aromatic heterocycles. The SMILES string of the molecule is C.C.C.C=Cc1ccccc1.CCN.CN1CN(C)C1. The van der Waals surface area contributed by atoms with Gasteiger partial charge in [-0.2, -0.15) is 0 Å². The molecule has 2 N–H and O–H groups in total. The van der Waals surface area contributed by atoms with Crippen molar-refractivity contribution in [3.05, 3.63) is 42.5 Å². The van der Waals surface area contributed by atoms with E-state index in [1.165, 1.54) is 5.56 Å². The highest BCUT2D eigenvalue weighted by atomic mass is 15.5. The van der Waals surface area contributed by atoms with Crippen molar-refractivity contribution >= 4 is 6.08 Å². The Morgan fingerprint density at radius 1 is 1.05 bits per heavy atom. The normalized spacial score (nSPS) is 12.4. The first kappa shape index (κ1) is 27.2. The molecule has 0 unspecified atom stereocenters. The van der Waals surface area contributed by atoms with Crippen molar-refractivity contribution in [2.45, 2.75) is 29.2 Å². The number of hydrogen-bond acceptors (Lipinski definition) is 3. The predicted octanol–water partition coefficient (Wildman–Crippen LogP) is 3.98. The minimum atomic E-state index is 0. The van der Waals surface area contributed by atoms with Gasteiger partial charge >= 0.3 is 0 Å². The van der Waals surface area contributed by atoms with Crippen molar-refractivity contribution in [3.8, 4) is 0 Å². The maximum atomic E-state index is 4.85. The summed E-state index contributed by atoms with van der Waals surface area (Å²) in [6.07, 6.45) is 1.83. The van der Waals surface area contributed by atoms with E-state index in [0.29, 0.717) is 0 Å². The molecule has 1 saturated heterocycles. The second-order valence-corrected chi connectivity index (χ2v) is 4.02. The van der Waals surface area contributed by atoms with E-state index in [1.54, 1.807) is 0 Å². The summed E-state index contributed by atoms with van der Waals surface area (Å²) in [7, 11) is 4.22. The zero-order chi connectivity index (χ0) is 13.1. The minimum absolute atomic E-state index is 0. The Labute approximate surface area is 128 Å². The third kappa shape index (κ3) is 14.9. The number of nitrogens with two attached hydrogens (primary N) is 1. The quantitative estimate of drug-likeness (QED) is 0.846. The molecular weight excluding hydrogens is 246 g/mol. The molecule has 1 aliphatic rings. The standard InChI is InChI=1S/C8H8.C4H10N2.C2H7N.3CH4/c1-2-8-6-4-3-5-7-8;1-5-3-6(2)4-5;1-2-3;;;/h2-7H,1H2;3-4H2,1-2H3;2-3H2,1H3;3*1H4. The second kappa shape index (κ2) is 17.8. The van der Waals surface area contributed by atoms with Gasteiger partial charge in [-0.1, -0.05) is 72.2 Å². The monoisotopic (exact) mass is 283 g/mol. The molecule has 1 aromatic carbocycles. The molecular formula is C17H37N3. The highest BCUT2D eigenvalue weighted by Crippen LogP contribution is 1.98. The average molecular weight is 284 g/mol. The predicted molar refractivity (Wildman–Crippen MR) is 96.7 cm³/mol. The summed E-state index contributed by atoms with van der Waals surface area (Å²) in [5.41, 5.74) is 6.02. The van der Waals surface area contributed by atoms with E-state index in [1.807, 2.05) is 43.3 Å². The summed E-state index contributed by atoms with van der Waals surface area (Å²) in [5, 5.41) is 0. The molecule has 0 radical (unpaired) electrons. The summed E-state index contributed by atoms with van der Waals surface area (Å²) < 4.78 is 0. The van der Waals surface area contributed by atoms with E-state index in [2.05, 4.69) is 30.5 Å². The van der Waals surface area contributed by atoms with Gasteiger partial charge in [-0.3, -0.25) is 9.80 Å². The zero-order valence-electron chi connectivity index (χ0n) is 11.3. The van der Waals surface area contributed by atoms with Crippen LogP contribution >= 0.6 is 0 Å². The molecule has 3 nitrogen and oxygen atoms in total. The Bertz CT molecular complexity index is 274. The van der Waals surface area contributed by atoms with Crippen LogP contribution < -0.4 is 5.73 Å². The summed E-state index contributed by atoms with van der Waals surface area (Å²) in [4.78, 5) is 4.50. The van der Waals surface area contributed by atoms with Crippen molar-refractivity contribution in [1.82, 2.24) is 9.80 Å². The van der Waals surface area contributed by atoms with Crippen LogP contribution in [-0.2, 0) is 0 Å². The lowest BCUT2D eigenvalue weighted by Crippen LogP contribution is -2.50. The molecule has 120 valence electrons. The number of rotatable bonds is 1. The van der Waals surface area contributed by atoms with Crippen LogP contribution in [0.5, 0.6) is 0 Å². The van der Waals surface area contributed by atoms with Gasteiger partial charge in [-0.25, -0.2) is 0 Å². The van der Waals surface area contributed by atoms with Crippen LogP contribution in [0, 0.1) is 0 Å². The van der Waals surface area contributed by atoms with Gasteiger partial charge in [-0.15, -0.1) is 0 Å². The highest BCUT2D eigenvalue weighted by Gasteiger charge is 2.12. The van der Waals surface area contributed by atoms with Crippen LogP contribution in [0.15, 0.2) is 36.9 Å². The van der Waals surface area contributed by atoms with Gasteiger partial charge in [0.1, 0.15) is 0 Å². The Balaban J connectivity index is -0.0000000970. The van der Waals surface area contributed by atoms with Gasteiger partial charge < -0.3 is 5.73 Å². The van der Waals surface area contributed by atoms with Crippen molar-refractivity contribution in [1.29, 1.82) is 0 Å². The van der Waals surface area contributed by atoms with Crippen LogP contribution in [0.4, 0.5) is 0 Å². The fourth-order valence-electron chi connectivity index (χ4n) is 1.37. The summed E-state index contributed by atoms with van der Waals surface area (Å²) in [6.45, 7) is 8.56. The Morgan fingerprint density at radius 2 is 1.40 bits per heavy atom. The Morgan fingerprint density at radius 3 is 1.55 bits per heavy atom. The maximum absolute atomic E-state index is 4.85. The first-order valence-electron chi connectivity index (χ1n) is 5.88. The van der Waals surface area contributed by atoms with Crippen molar-refractivity contribution in [3.63, 3.8) is 0 Å². The molecule has 3 heteroatoms. The van der Waals surface area contributed by atoms with Crippen LogP contribution in [0.25, 0.3) is 6.08 Å². The van der Waals surface area contributed by atoms with E-state index in [9.17, 15) is 0 Å². The fourth-order valence-corrected chi connectivity index (χ4v) is 1.37. The Kier molecular flexibility index (Phi) is 24.3. The van der Waals surface area contributed by atoms with Crippen molar-refractivity contribution < 1.29 is 0 Å².